The monoisotopic (exact) mass is 407 g/mol. The molecular weight excluding hydrogens is 378 g/mol. The van der Waals surface area contributed by atoms with Gasteiger partial charge in [0.2, 0.25) is 12.7 Å². The number of rotatable bonds is 8. The summed E-state index contributed by atoms with van der Waals surface area (Å²) in [6.07, 6.45) is 5.11. The third-order valence-electron chi connectivity index (χ3n) is 6.28. The molecule has 2 saturated heterocycles. The lowest BCUT2D eigenvalue weighted by Crippen LogP contribution is -2.44. The molecule has 0 unspecified atom stereocenters. The van der Waals surface area contributed by atoms with E-state index in [-0.39, 0.29) is 6.79 Å². The van der Waals surface area contributed by atoms with E-state index in [1.54, 1.807) is 0 Å². The molecule has 1 aromatic rings. The molecule has 0 aliphatic carbocycles. The van der Waals surface area contributed by atoms with Crippen LogP contribution in [0.5, 0.6) is 11.5 Å². The Morgan fingerprint density at radius 3 is 2.86 bits per heavy atom. The topological polar surface area (TPSA) is 54.0 Å². The SMILES string of the molecule is CCN1CCC[C@H]1CN1C(=O)CC[C@@H]1CCNCc1cc2c(cc1Cl)OCO2. The second kappa shape index (κ2) is 8.89. The fraction of sp³-hybridized carbons (Fsp3) is 0.667. The van der Waals surface area contributed by atoms with E-state index in [2.05, 4.69) is 22.0 Å². The van der Waals surface area contributed by atoms with Crippen molar-refractivity contribution in [3.8, 4) is 11.5 Å². The molecule has 3 aliphatic rings. The molecule has 2 fully saturated rings. The van der Waals surface area contributed by atoms with Gasteiger partial charge in [0, 0.05) is 42.7 Å². The number of carbonyl (C=O) groups is 1. The minimum absolute atomic E-state index is 0.255. The van der Waals surface area contributed by atoms with Crippen LogP contribution >= 0.6 is 11.6 Å². The van der Waals surface area contributed by atoms with Crippen LogP contribution in [0.3, 0.4) is 0 Å². The lowest BCUT2D eigenvalue weighted by molar-refractivity contribution is -0.129. The number of ether oxygens (including phenoxy) is 2. The number of halogens is 1. The highest BCUT2D eigenvalue weighted by Gasteiger charge is 2.34. The van der Waals surface area contributed by atoms with E-state index in [0.717, 1.165) is 43.8 Å². The van der Waals surface area contributed by atoms with Crippen molar-refractivity contribution >= 4 is 17.5 Å². The molecule has 7 heteroatoms. The predicted octanol–water partition coefficient (Wildman–Crippen LogP) is 3.02. The third kappa shape index (κ3) is 4.24. The van der Waals surface area contributed by atoms with Gasteiger partial charge in [0.15, 0.2) is 11.5 Å². The summed E-state index contributed by atoms with van der Waals surface area (Å²) in [5.74, 6) is 1.79. The molecule has 0 spiro atoms. The molecule has 0 aromatic heterocycles. The predicted molar refractivity (Wildman–Crippen MR) is 109 cm³/mol. The molecule has 28 heavy (non-hydrogen) atoms. The van der Waals surface area contributed by atoms with Gasteiger partial charge in [-0.05, 0) is 56.9 Å². The molecule has 4 rings (SSSR count). The number of nitrogens with one attached hydrogen (secondary N) is 1. The quantitative estimate of drug-likeness (QED) is 0.671. The zero-order valence-electron chi connectivity index (χ0n) is 16.6. The summed E-state index contributed by atoms with van der Waals surface area (Å²) in [7, 11) is 0. The van der Waals surface area contributed by atoms with Crippen LogP contribution in [0.1, 0.15) is 44.6 Å². The Kier molecular flexibility index (Phi) is 6.28. The average Bonchev–Trinajstić information content (AvgIpc) is 3.41. The molecule has 1 aromatic carbocycles. The van der Waals surface area contributed by atoms with Crippen molar-refractivity contribution in [1.29, 1.82) is 0 Å². The summed E-state index contributed by atoms with van der Waals surface area (Å²) in [6.45, 7) is 7.16. The zero-order valence-corrected chi connectivity index (χ0v) is 17.3. The molecule has 0 radical (unpaired) electrons. The van der Waals surface area contributed by atoms with Crippen LogP contribution in [0.25, 0.3) is 0 Å². The minimum Gasteiger partial charge on any atom is -0.454 e. The molecule has 2 atom stereocenters. The summed E-state index contributed by atoms with van der Waals surface area (Å²) in [4.78, 5) is 17.1. The van der Waals surface area contributed by atoms with Crippen LogP contribution in [0.2, 0.25) is 5.02 Å². The Morgan fingerprint density at radius 1 is 1.21 bits per heavy atom. The van der Waals surface area contributed by atoms with Crippen LogP contribution in [-0.4, -0.2) is 60.8 Å². The lowest BCUT2D eigenvalue weighted by atomic mass is 10.1. The number of fused-ring (bicyclic) bond motifs is 1. The second-order valence-electron chi connectivity index (χ2n) is 7.93. The number of amides is 1. The summed E-state index contributed by atoms with van der Waals surface area (Å²) in [6, 6.07) is 4.66. The number of likely N-dealkylation sites (tertiary alicyclic amines) is 2. The van der Waals surface area contributed by atoms with E-state index in [0.29, 0.717) is 41.7 Å². The van der Waals surface area contributed by atoms with E-state index in [1.165, 1.54) is 19.4 Å². The molecule has 1 N–H and O–H groups in total. The Hall–Kier alpha value is -1.50. The highest BCUT2D eigenvalue weighted by molar-refractivity contribution is 6.31. The maximum atomic E-state index is 12.4. The van der Waals surface area contributed by atoms with Gasteiger partial charge >= 0.3 is 0 Å². The number of nitrogens with zero attached hydrogens (tertiary/aromatic N) is 2. The maximum absolute atomic E-state index is 12.4. The first-order chi connectivity index (χ1) is 13.7. The van der Waals surface area contributed by atoms with Gasteiger partial charge in [-0.3, -0.25) is 9.69 Å². The fourth-order valence-corrected chi connectivity index (χ4v) is 4.90. The van der Waals surface area contributed by atoms with E-state index < -0.39 is 0 Å². The maximum Gasteiger partial charge on any atom is 0.231 e. The van der Waals surface area contributed by atoms with Crippen LogP contribution in [0.15, 0.2) is 12.1 Å². The molecule has 3 aliphatic heterocycles. The molecule has 154 valence electrons. The molecule has 0 bridgehead atoms. The third-order valence-corrected chi connectivity index (χ3v) is 6.63. The molecule has 6 nitrogen and oxygen atoms in total. The minimum atomic E-state index is 0.255. The van der Waals surface area contributed by atoms with Crippen molar-refractivity contribution in [3.05, 3.63) is 22.7 Å². The second-order valence-corrected chi connectivity index (χ2v) is 8.33. The highest BCUT2D eigenvalue weighted by atomic mass is 35.5. The van der Waals surface area contributed by atoms with Crippen molar-refractivity contribution in [2.24, 2.45) is 0 Å². The van der Waals surface area contributed by atoms with Crippen molar-refractivity contribution in [2.75, 3.05) is 33.0 Å². The normalized spacial score (nSPS) is 24.5. The summed E-state index contributed by atoms with van der Waals surface area (Å²) < 4.78 is 10.8. The Balaban J connectivity index is 1.26. The van der Waals surface area contributed by atoms with Crippen molar-refractivity contribution in [1.82, 2.24) is 15.1 Å². The van der Waals surface area contributed by atoms with Gasteiger partial charge in [0.25, 0.3) is 0 Å². The summed E-state index contributed by atoms with van der Waals surface area (Å²) in [5.41, 5.74) is 1.01. The molecule has 3 heterocycles. The van der Waals surface area contributed by atoms with Crippen molar-refractivity contribution in [3.63, 3.8) is 0 Å². The first-order valence-corrected chi connectivity index (χ1v) is 10.9. The summed E-state index contributed by atoms with van der Waals surface area (Å²) >= 11 is 6.35. The van der Waals surface area contributed by atoms with Gasteiger partial charge < -0.3 is 19.7 Å². The molecule has 0 saturated carbocycles. The van der Waals surface area contributed by atoms with Crippen LogP contribution in [0, 0.1) is 0 Å². The fourth-order valence-electron chi connectivity index (χ4n) is 4.68. The van der Waals surface area contributed by atoms with Gasteiger partial charge in [-0.15, -0.1) is 0 Å². The Morgan fingerprint density at radius 2 is 2.04 bits per heavy atom. The highest BCUT2D eigenvalue weighted by Crippen LogP contribution is 2.36. The van der Waals surface area contributed by atoms with Crippen molar-refractivity contribution < 1.29 is 14.3 Å². The first-order valence-electron chi connectivity index (χ1n) is 10.5. The van der Waals surface area contributed by atoms with Gasteiger partial charge in [-0.1, -0.05) is 18.5 Å². The Bertz CT molecular complexity index is 714. The van der Waals surface area contributed by atoms with E-state index >= 15 is 0 Å². The van der Waals surface area contributed by atoms with Gasteiger partial charge in [0.05, 0.1) is 0 Å². The number of carbonyl (C=O) groups excluding carboxylic acids is 1. The van der Waals surface area contributed by atoms with E-state index in [1.807, 2.05) is 12.1 Å². The van der Waals surface area contributed by atoms with Gasteiger partial charge in [0.1, 0.15) is 0 Å². The number of benzene rings is 1. The Labute approximate surface area is 172 Å². The number of hydrogen-bond donors (Lipinski definition) is 1. The van der Waals surface area contributed by atoms with Crippen LogP contribution < -0.4 is 14.8 Å². The van der Waals surface area contributed by atoms with Gasteiger partial charge in [-0.2, -0.15) is 0 Å². The number of hydrogen-bond acceptors (Lipinski definition) is 5. The lowest BCUT2D eigenvalue weighted by Gasteiger charge is -2.31. The van der Waals surface area contributed by atoms with E-state index in [9.17, 15) is 4.79 Å². The first kappa shape index (κ1) is 19.8. The van der Waals surface area contributed by atoms with Gasteiger partial charge in [-0.25, -0.2) is 0 Å². The molecule has 1 amide bonds. The smallest absolute Gasteiger partial charge is 0.231 e. The molecular formula is C21H30ClN3O3. The zero-order chi connectivity index (χ0) is 19.5. The van der Waals surface area contributed by atoms with Crippen LogP contribution in [0.4, 0.5) is 0 Å². The average molecular weight is 408 g/mol. The summed E-state index contributed by atoms with van der Waals surface area (Å²) in [5, 5.41) is 4.17. The van der Waals surface area contributed by atoms with Crippen molar-refractivity contribution in [2.45, 2.75) is 57.7 Å². The number of likely N-dealkylation sites (N-methyl/N-ethyl adjacent to an activating group) is 1. The standard InChI is InChI=1S/C21H30ClN3O3/c1-2-24-9-3-4-17(24)13-25-16(5-6-21(25)26)7-8-23-12-15-10-19-20(11-18(15)22)28-14-27-19/h10-11,16-17,23H,2-9,12-14H2,1H3/t16-,17+/m1/s1. The van der Waals surface area contributed by atoms with Crippen LogP contribution in [-0.2, 0) is 11.3 Å². The largest absolute Gasteiger partial charge is 0.454 e. The van der Waals surface area contributed by atoms with E-state index in [4.69, 9.17) is 21.1 Å².